The van der Waals surface area contributed by atoms with E-state index in [1.54, 1.807) is 0 Å². The number of halogens is 1. The van der Waals surface area contributed by atoms with E-state index in [2.05, 4.69) is 27.3 Å². The van der Waals surface area contributed by atoms with Crippen LogP contribution in [0.3, 0.4) is 0 Å². The van der Waals surface area contributed by atoms with Crippen molar-refractivity contribution in [1.29, 1.82) is 5.26 Å². The topological polar surface area (TPSA) is 45.0 Å². The standard InChI is InChI=1S/C12H13BrN2O/c13-10-3-1-4-11(7-10)15-12(8-14)5-2-6-16-9-12/h1,3-4,7,15H,2,5-6,9H2. The predicted octanol–water partition coefficient (Wildman–Crippen LogP) is 2.93. The fraction of sp³-hybridized carbons (Fsp3) is 0.417. The van der Waals surface area contributed by atoms with Crippen LogP contribution in [0.1, 0.15) is 12.8 Å². The Hall–Kier alpha value is -1.05. The highest BCUT2D eigenvalue weighted by Crippen LogP contribution is 2.25. The molecule has 0 spiro atoms. The molecule has 1 aliphatic rings. The summed E-state index contributed by atoms with van der Waals surface area (Å²) in [5, 5.41) is 12.5. The molecule has 0 amide bonds. The van der Waals surface area contributed by atoms with Gasteiger partial charge >= 0.3 is 0 Å². The number of benzene rings is 1. The SMILES string of the molecule is N#CC1(Nc2cccc(Br)c2)CCCOC1. The van der Waals surface area contributed by atoms with Crippen molar-refractivity contribution in [2.24, 2.45) is 0 Å². The monoisotopic (exact) mass is 280 g/mol. The van der Waals surface area contributed by atoms with Crippen molar-refractivity contribution in [1.82, 2.24) is 0 Å². The van der Waals surface area contributed by atoms with Crippen LogP contribution in [0.2, 0.25) is 0 Å². The van der Waals surface area contributed by atoms with E-state index in [9.17, 15) is 5.26 Å². The van der Waals surface area contributed by atoms with Crippen molar-refractivity contribution < 1.29 is 4.74 Å². The molecule has 0 aliphatic carbocycles. The Labute approximate surface area is 104 Å². The molecule has 1 unspecified atom stereocenters. The van der Waals surface area contributed by atoms with Crippen LogP contribution < -0.4 is 5.32 Å². The van der Waals surface area contributed by atoms with Crippen molar-refractivity contribution in [2.75, 3.05) is 18.5 Å². The number of ether oxygens (including phenoxy) is 1. The Morgan fingerprint density at radius 2 is 2.38 bits per heavy atom. The average Bonchev–Trinajstić information content (AvgIpc) is 2.30. The van der Waals surface area contributed by atoms with Gasteiger partial charge in [-0.05, 0) is 31.0 Å². The summed E-state index contributed by atoms with van der Waals surface area (Å²) in [6.07, 6.45) is 1.75. The Morgan fingerprint density at radius 3 is 3.00 bits per heavy atom. The summed E-state index contributed by atoms with van der Waals surface area (Å²) < 4.78 is 6.38. The van der Waals surface area contributed by atoms with E-state index >= 15 is 0 Å². The molecule has 3 nitrogen and oxygen atoms in total. The Morgan fingerprint density at radius 1 is 1.50 bits per heavy atom. The highest BCUT2D eigenvalue weighted by atomic mass is 79.9. The number of hydrogen-bond acceptors (Lipinski definition) is 3. The number of nitriles is 1. The first-order valence-electron chi connectivity index (χ1n) is 5.27. The molecule has 1 aromatic carbocycles. The molecule has 0 bridgehead atoms. The maximum absolute atomic E-state index is 9.27. The van der Waals surface area contributed by atoms with E-state index in [0.29, 0.717) is 6.61 Å². The van der Waals surface area contributed by atoms with Crippen LogP contribution in [0.15, 0.2) is 28.7 Å². The molecular weight excluding hydrogens is 268 g/mol. The number of hydrogen-bond donors (Lipinski definition) is 1. The summed E-state index contributed by atoms with van der Waals surface area (Å²) >= 11 is 3.41. The Kier molecular flexibility index (Phi) is 3.47. The molecule has 1 saturated heterocycles. The summed E-state index contributed by atoms with van der Waals surface area (Å²) in [5.74, 6) is 0. The van der Waals surface area contributed by atoms with Gasteiger partial charge in [-0.1, -0.05) is 22.0 Å². The van der Waals surface area contributed by atoms with Gasteiger partial charge in [0.05, 0.1) is 12.7 Å². The molecule has 0 saturated carbocycles. The van der Waals surface area contributed by atoms with Crippen molar-refractivity contribution in [3.8, 4) is 6.07 Å². The lowest BCUT2D eigenvalue weighted by atomic mass is 9.94. The third-order valence-electron chi connectivity index (χ3n) is 2.66. The van der Waals surface area contributed by atoms with Crippen LogP contribution in [0.25, 0.3) is 0 Å². The summed E-state index contributed by atoms with van der Waals surface area (Å²) in [6, 6.07) is 10.2. The van der Waals surface area contributed by atoms with Gasteiger partial charge in [-0.2, -0.15) is 5.26 Å². The van der Waals surface area contributed by atoms with E-state index in [-0.39, 0.29) is 0 Å². The van der Waals surface area contributed by atoms with E-state index in [1.165, 1.54) is 0 Å². The normalized spacial score (nSPS) is 24.8. The Bertz CT molecular complexity index is 408. The zero-order valence-electron chi connectivity index (χ0n) is 8.87. The van der Waals surface area contributed by atoms with Crippen molar-refractivity contribution in [3.63, 3.8) is 0 Å². The summed E-state index contributed by atoms with van der Waals surface area (Å²) in [4.78, 5) is 0. The molecule has 84 valence electrons. The Balaban J connectivity index is 2.15. The van der Waals surface area contributed by atoms with Crippen LogP contribution in [-0.2, 0) is 4.74 Å². The van der Waals surface area contributed by atoms with E-state index in [0.717, 1.165) is 29.6 Å². The van der Waals surface area contributed by atoms with Crippen LogP contribution in [0.4, 0.5) is 5.69 Å². The average molecular weight is 281 g/mol. The highest BCUT2D eigenvalue weighted by molar-refractivity contribution is 9.10. The van der Waals surface area contributed by atoms with Gasteiger partial charge in [-0.25, -0.2) is 0 Å². The zero-order chi connectivity index (χ0) is 11.4. The second-order valence-corrected chi connectivity index (χ2v) is 4.90. The second kappa shape index (κ2) is 4.86. The fourth-order valence-corrected chi connectivity index (χ4v) is 2.25. The van der Waals surface area contributed by atoms with Gasteiger partial charge in [0.2, 0.25) is 0 Å². The molecule has 2 rings (SSSR count). The molecule has 1 N–H and O–H groups in total. The maximum atomic E-state index is 9.27. The number of anilines is 1. The third kappa shape index (κ3) is 2.55. The van der Waals surface area contributed by atoms with E-state index < -0.39 is 5.54 Å². The van der Waals surface area contributed by atoms with Crippen LogP contribution >= 0.6 is 15.9 Å². The molecule has 0 aromatic heterocycles. The van der Waals surface area contributed by atoms with Gasteiger partial charge in [0, 0.05) is 16.8 Å². The van der Waals surface area contributed by atoms with Gasteiger partial charge < -0.3 is 10.1 Å². The van der Waals surface area contributed by atoms with Crippen LogP contribution in [0.5, 0.6) is 0 Å². The molecule has 1 heterocycles. The maximum Gasteiger partial charge on any atom is 0.149 e. The number of nitrogens with one attached hydrogen (secondary N) is 1. The minimum Gasteiger partial charge on any atom is -0.378 e. The van der Waals surface area contributed by atoms with Gasteiger partial charge in [-0.15, -0.1) is 0 Å². The van der Waals surface area contributed by atoms with Gasteiger partial charge in [-0.3, -0.25) is 0 Å². The molecule has 1 aromatic rings. The lowest BCUT2D eigenvalue weighted by Crippen LogP contribution is -2.44. The predicted molar refractivity (Wildman–Crippen MR) is 66.2 cm³/mol. The van der Waals surface area contributed by atoms with Crippen molar-refractivity contribution in [2.45, 2.75) is 18.4 Å². The lowest BCUT2D eigenvalue weighted by molar-refractivity contribution is 0.0667. The molecule has 0 radical (unpaired) electrons. The lowest BCUT2D eigenvalue weighted by Gasteiger charge is -2.32. The van der Waals surface area contributed by atoms with Gasteiger partial charge in [0.15, 0.2) is 0 Å². The van der Waals surface area contributed by atoms with Crippen molar-refractivity contribution in [3.05, 3.63) is 28.7 Å². The smallest absolute Gasteiger partial charge is 0.149 e. The highest BCUT2D eigenvalue weighted by Gasteiger charge is 2.32. The van der Waals surface area contributed by atoms with Crippen LogP contribution in [0, 0.1) is 11.3 Å². The summed E-state index contributed by atoms with van der Waals surface area (Å²) in [6.45, 7) is 1.21. The minimum atomic E-state index is -0.570. The quantitative estimate of drug-likeness (QED) is 0.906. The molecule has 1 aliphatic heterocycles. The van der Waals surface area contributed by atoms with Gasteiger partial charge in [0.25, 0.3) is 0 Å². The first-order chi connectivity index (χ1) is 7.74. The molecule has 16 heavy (non-hydrogen) atoms. The molecular formula is C12H13BrN2O. The first-order valence-corrected chi connectivity index (χ1v) is 6.06. The van der Waals surface area contributed by atoms with E-state index in [1.807, 2.05) is 24.3 Å². The number of nitrogens with zero attached hydrogens (tertiary/aromatic N) is 1. The van der Waals surface area contributed by atoms with Crippen LogP contribution in [-0.4, -0.2) is 18.8 Å². The largest absolute Gasteiger partial charge is 0.378 e. The zero-order valence-corrected chi connectivity index (χ0v) is 10.5. The molecule has 1 fully saturated rings. The first kappa shape index (κ1) is 11.4. The van der Waals surface area contributed by atoms with Crippen molar-refractivity contribution >= 4 is 21.6 Å². The third-order valence-corrected chi connectivity index (χ3v) is 3.16. The fourth-order valence-electron chi connectivity index (χ4n) is 1.85. The minimum absolute atomic E-state index is 0.454. The summed E-state index contributed by atoms with van der Waals surface area (Å²) in [7, 11) is 0. The van der Waals surface area contributed by atoms with E-state index in [4.69, 9.17) is 4.74 Å². The second-order valence-electron chi connectivity index (χ2n) is 3.99. The van der Waals surface area contributed by atoms with Gasteiger partial charge in [0.1, 0.15) is 5.54 Å². The molecule has 4 heteroatoms. The molecule has 1 atom stereocenters. The summed E-state index contributed by atoms with van der Waals surface area (Å²) in [5.41, 5.74) is 0.375. The number of rotatable bonds is 2.